The lowest BCUT2D eigenvalue weighted by Crippen LogP contribution is -2.40. The molecular weight excluding hydrogens is 260 g/mol. The normalized spacial score (nSPS) is 12.9. The van der Waals surface area contributed by atoms with Gasteiger partial charge >= 0.3 is 12.2 Å². The van der Waals surface area contributed by atoms with Crippen molar-refractivity contribution < 1.29 is 19.4 Å². The Kier molecular flexibility index (Phi) is 5.86. The van der Waals surface area contributed by atoms with Crippen molar-refractivity contribution in [3.8, 4) is 0 Å². The van der Waals surface area contributed by atoms with Gasteiger partial charge in [0.25, 0.3) is 0 Å². The molecule has 0 aliphatic heterocycles. The predicted molar refractivity (Wildman–Crippen MR) is 77.6 cm³/mol. The first-order valence-electron chi connectivity index (χ1n) is 6.70. The standard InChI is InChI=1S/C14H28N2O4/c1-12(2,8-14(5,6)20-10(15)17)7-13(3,4)9-16-11(18)19/h16H,7-9H2,1-6H3,(H2,15,17)(H,18,19). The highest BCUT2D eigenvalue weighted by Crippen LogP contribution is 2.39. The second-order valence-corrected chi connectivity index (χ2v) is 7.52. The molecule has 0 saturated carbocycles. The lowest BCUT2D eigenvalue weighted by Gasteiger charge is -2.39. The molecule has 6 nitrogen and oxygen atoms in total. The van der Waals surface area contributed by atoms with Gasteiger partial charge in [0.15, 0.2) is 0 Å². The van der Waals surface area contributed by atoms with Gasteiger partial charge in [-0.2, -0.15) is 0 Å². The van der Waals surface area contributed by atoms with E-state index in [1.54, 1.807) is 0 Å². The molecule has 4 N–H and O–H groups in total. The van der Waals surface area contributed by atoms with Gasteiger partial charge in [0.05, 0.1) is 0 Å². The smallest absolute Gasteiger partial charge is 0.405 e. The highest BCUT2D eigenvalue weighted by molar-refractivity contribution is 5.65. The molecule has 6 heteroatoms. The number of rotatable bonds is 7. The van der Waals surface area contributed by atoms with Crippen LogP contribution in [0.3, 0.4) is 0 Å². The van der Waals surface area contributed by atoms with Crippen molar-refractivity contribution >= 4 is 12.2 Å². The average molecular weight is 288 g/mol. The summed E-state index contributed by atoms with van der Waals surface area (Å²) in [7, 11) is 0. The summed E-state index contributed by atoms with van der Waals surface area (Å²) < 4.78 is 5.12. The van der Waals surface area contributed by atoms with Crippen LogP contribution < -0.4 is 11.1 Å². The van der Waals surface area contributed by atoms with Crippen LogP contribution in [0.5, 0.6) is 0 Å². The number of hydrogen-bond acceptors (Lipinski definition) is 3. The molecule has 0 rings (SSSR count). The second kappa shape index (κ2) is 6.33. The number of carboxylic acid groups (broad SMARTS) is 1. The fourth-order valence-corrected chi connectivity index (χ4v) is 3.20. The van der Waals surface area contributed by atoms with Crippen molar-refractivity contribution in [1.82, 2.24) is 5.32 Å². The summed E-state index contributed by atoms with van der Waals surface area (Å²) >= 11 is 0. The van der Waals surface area contributed by atoms with Gasteiger partial charge in [0.2, 0.25) is 0 Å². The third kappa shape index (κ3) is 8.61. The van der Waals surface area contributed by atoms with E-state index in [0.29, 0.717) is 13.0 Å². The molecular formula is C14H28N2O4. The minimum absolute atomic E-state index is 0.122. The van der Waals surface area contributed by atoms with Gasteiger partial charge < -0.3 is 20.9 Å². The molecule has 0 unspecified atom stereocenters. The molecule has 0 aromatic carbocycles. The fraction of sp³-hybridized carbons (Fsp3) is 0.857. The molecule has 0 aliphatic rings. The fourth-order valence-electron chi connectivity index (χ4n) is 3.20. The lowest BCUT2D eigenvalue weighted by molar-refractivity contribution is 0.00153. The number of hydrogen-bond donors (Lipinski definition) is 3. The van der Waals surface area contributed by atoms with E-state index in [1.165, 1.54) is 0 Å². The van der Waals surface area contributed by atoms with E-state index in [-0.39, 0.29) is 10.8 Å². The first kappa shape index (κ1) is 18.5. The highest BCUT2D eigenvalue weighted by Gasteiger charge is 2.35. The summed E-state index contributed by atoms with van der Waals surface area (Å²) in [6.45, 7) is 12.2. The van der Waals surface area contributed by atoms with Crippen LogP contribution in [-0.4, -0.2) is 29.4 Å². The van der Waals surface area contributed by atoms with E-state index in [9.17, 15) is 9.59 Å². The van der Waals surface area contributed by atoms with Crippen molar-refractivity contribution in [3.63, 3.8) is 0 Å². The summed E-state index contributed by atoms with van der Waals surface area (Å²) in [5.41, 5.74) is 4.11. The third-order valence-corrected chi connectivity index (χ3v) is 2.96. The van der Waals surface area contributed by atoms with Crippen molar-refractivity contribution in [1.29, 1.82) is 0 Å². The van der Waals surface area contributed by atoms with Crippen LogP contribution in [0.2, 0.25) is 0 Å². The van der Waals surface area contributed by atoms with Crippen molar-refractivity contribution in [2.75, 3.05) is 6.54 Å². The Bertz CT molecular complexity index is 362. The number of nitrogens with one attached hydrogen (secondary N) is 1. The van der Waals surface area contributed by atoms with Gasteiger partial charge in [-0.05, 0) is 37.5 Å². The van der Waals surface area contributed by atoms with Crippen molar-refractivity contribution in [2.45, 2.75) is 60.0 Å². The predicted octanol–water partition coefficient (Wildman–Crippen LogP) is 2.96. The zero-order chi connectivity index (χ0) is 16.2. The van der Waals surface area contributed by atoms with E-state index >= 15 is 0 Å². The Morgan fingerprint density at radius 2 is 1.55 bits per heavy atom. The number of ether oxygens (including phenoxy) is 1. The van der Waals surface area contributed by atoms with Crippen LogP contribution in [0.15, 0.2) is 0 Å². The number of amides is 2. The van der Waals surface area contributed by atoms with Crippen molar-refractivity contribution in [2.24, 2.45) is 16.6 Å². The zero-order valence-corrected chi connectivity index (χ0v) is 13.4. The summed E-state index contributed by atoms with van der Waals surface area (Å²) in [4.78, 5) is 21.5. The summed E-state index contributed by atoms with van der Waals surface area (Å²) in [5.74, 6) is 0. The van der Waals surface area contributed by atoms with Gasteiger partial charge in [0.1, 0.15) is 5.60 Å². The Labute approximate surface area is 121 Å². The lowest BCUT2D eigenvalue weighted by atomic mass is 9.70. The molecule has 0 saturated heterocycles. The van der Waals surface area contributed by atoms with Gasteiger partial charge in [0, 0.05) is 6.54 Å². The monoisotopic (exact) mass is 288 g/mol. The van der Waals surface area contributed by atoms with Crippen LogP contribution in [0.25, 0.3) is 0 Å². The van der Waals surface area contributed by atoms with Crippen LogP contribution in [0.4, 0.5) is 9.59 Å². The molecule has 2 amide bonds. The Morgan fingerprint density at radius 1 is 1.05 bits per heavy atom. The number of carbonyl (C=O) groups excluding carboxylic acids is 1. The molecule has 0 aromatic rings. The molecule has 0 heterocycles. The molecule has 0 radical (unpaired) electrons. The zero-order valence-electron chi connectivity index (χ0n) is 13.4. The van der Waals surface area contributed by atoms with Gasteiger partial charge in [-0.3, -0.25) is 0 Å². The second-order valence-electron chi connectivity index (χ2n) is 7.52. The highest BCUT2D eigenvalue weighted by atomic mass is 16.6. The van der Waals surface area contributed by atoms with E-state index in [2.05, 4.69) is 19.2 Å². The summed E-state index contributed by atoms with van der Waals surface area (Å²) in [6.07, 6.45) is -0.378. The minimum atomic E-state index is -1.02. The first-order chi connectivity index (χ1) is 8.75. The molecule has 0 spiro atoms. The Morgan fingerprint density at radius 3 is 1.95 bits per heavy atom. The maximum atomic E-state index is 10.9. The van der Waals surface area contributed by atoms with Crippen LogP contribution in [-0.2, 0) is 4.74 Å². The Balaban J connectivity index is 4.64. The molecule has 20 heavy (non-hydrogen) atoms. The number of nitrogens with two attached hydrogens (primary N) is 1. The SMILES string of the molecule is CC(C)(CNC(=O)O)CC(C)(C)CC(C)(C)OC(N)=O. The molecule has 0 aromatic heterocycles. The maximum Gasteiger partial charge on any atom is 0.405 e. The van der Waals surface area contributed by atoms with Gasteiger partial charge in [-0.1, -0.05) is 27.7 Å². The van der Waals surface area contributed by atoms with Gasteiger partial charge in [-0.25, -0.2) is 9.59 Å². The quantitative estimate of drug-likeness (QED) is 0.670. The molecule has 118 valence electrons. The number of primary amides is 1. The minimum Gasteiger partial charge on any atom is -0.465 e. The molecule has 0 fully saturated rings. The maximum absolute atomic E-state index is 10.9. The largest absolute Gasteiger partial charge is 0.465 e. The average Bonchev–Trinajstić information content (AvgIpc) is 2.08. The molecule has 0 bridgehead atoms. The summed E-state index contributed by atoms with van der Waals surface area (Å²) in [5, 5.41) is 11.1. The van der Waals surface area contributed by atoms with E-state index in [1.807, 2.05) is 27.7 Å². The first-order valence-corrected chi connectivity index (χ1v) is 6.70. The van der Waals surface area contributed by atoms with Crippen LogP contribution >= 0.6 is 0 Å². The molecule has 0 aliphatic carbocycles. The summed E-state index contributed by atoms with van der Waals surface area (Å²) in [6, 6.07) is 0. The van der Waals surface area contributed by atoms with Crippen LogP contribution in [0.1, 0.15) is 54.4 Å². The van der Waals surface area contributed by atoms with Crippen LogP contribution in [0, 0.1) is 10.8 Å². The third-order valence-electron chi connectivity index (χ3n) is 2.96. The Hall–Kier alpha value is -1.46. The molecule has 0 atom stereocenters. The topological polar surface area (TPSA) is 102 Å². The van der Waals surface area contributed by atoms with Gasteiger partial charge in [-0.15, -0.1) is 0 Å². The number of carbonyl (C=O) groups is 2. The van der Waals surface area contributed by atoms with E-state index in [4.69, 9.17) is 15.6 Å². The van der Waals surface area contributed by atoms with E-state index in [0.717, 1.165) is 6.42 Å². The van der Waals surface area contributed by atoms with E-state index < -0.39 is 17.8 Å². The van der Waals surface area contributed by atoms with Crippen molar-refractivity contribution in [3.05, 3.63) is 0 Å².